The molecule has 2 heterocycles. The second kappa shape index (κ2) is 7.72. The first-order valence-corrected chi connectivity index (χ1v) is 8.02. The molecule has 0 fully saturated rings. The molecule has 0 aliphatic rings. The van der Waals surface area contributed by atoms with Crippen molar-refractivity contribution in [1.29, 1.82) is 0 Å². The number of aryl methyl sites for hydroxylation is 1. The number of benzene rings is 1. The van der Waals surface area contributed by atoms with E-state index in [4.69, 9.17) is 11.6 Å². The third kappa shape index (κ3) is 4.51. The van der Waals surface area contributed by atoms with Crippen LogP contribution in [-0.2, 0) is 6.54 Å². The van der Waals surface area contributed by atoms with Crippen LogP contribution in [0.3, 0.4) is 0 Å². The number of aromatic nitrogens is 3. The van der Waals surface area contributed by atoms with Crippen LogP contribution >= 0.6 is 11.6 Å². The van der Waals surface area contributed by atoms with Crippen molar-refractivity contribution in [2.75, 3.05) is 10.6 Å². The van der Waals surface area contributed by atoms with E-state index in [0.29, 0.717) is 23.1 Å². The number of carbonyl (C=O) groups is 1. The highest BCUT2D eigenvalue weighted by Gasteiger charge is 2.11. The monoisotopic (exact) mass is 353 g/mol. The Morgan fingerprint density at radius 2 is 1.92 bits per heavy atom. The van der Waals surface area contributed by atoms with Crippen LogP contribution in [0.25, 0.3) is 0 Å². The van der Waals surface area contributed by atoms with Crippen LogP contribution in [0.4, 0.5) is 11.5 Å². The summed E-state index contributed by atoms with van der Waals surface area (Å²) in [7, 11) is 0. The highest BCUT2D eigenvalue weighted by atomic mass is 35.5. The van der Waals surface area contributed by atoms with E-state index in [-0.39, 0.29) is 11.6 Å². The van der Waals surface area contributed by atoms with Gasteiger partial charge in [0.05, 0.1) is 0 Å². The highest BCUT2D eigenvalue weighted by Crippen LogP contribution is 2.20. The van der Waals surface area contributed by atoms with Crippen molar-refractivity contribution in [3.63, 3.8) is 0 Å². The maximum atomic E-state index is 12.4. The van der Waals surface area contributed by atoms with Gasteiger partial charge in [0.15, 0.2) is 0 Å². The fraction of sp³-hybridized carbons (Fsp3) is 0.111. The third-order valence-electron chi connectivity index (χ3n) is 3.57. The maximum absolute atomic E-state index is 12.4. The van der Waals surface area contributed by atoms with Crippen LogP contribution in [0.2, 0.25) is 5.02 Å². The number of nitrogens with one attached hydrogen (secondary N) is 2. The minimum Gasteiger partial charge on any atom is -0.366 e. The van der Waals surface area contributed by atoms with Crippen LogP contribution in [0.1, 0.15) is 21.6 Å². The summed E-state index contributed by atoms with van der Waals surface area (Å²) in [6.45, 7) is 2.47. The largest absolute Gasteiger partial charge is 0.366 e. The van der Waals surface area contributed by atoms with Crippen molar-refractivity contribution in [1.82, 2.24) is 15.0 Å². The lowest BCUT2D eigenvalue weighted by Crippen LogP contribution is -2.15. The Kier molecular flexibility index (Phi) is 5.20. The molecule has 0 aliphatic carbocycles. The molecule has 0 aliphatic heterocycles. The Labute approximate surface area is 150 Å². The zero-order chi connectivity index (χ0) is 17.6. The summed E-state index contributed by atoms with van der Waals surface area (Å²) in [5.74, 6) is 0.250. The molecule has 3 aromatic rings. The first kappa shape index (κ1) is 16.9. The van der Waals surface area contributed by atoms with Gasteiger partial charge < -0.3 is 10.6 Å². The number of carbonyl (C=O) groups excluding carboxylic acids is 1. The smallest absolute Gasteiger partial charge is 0.274 e. The standard InChI is InChI=1S/C18H16ClN5O/c1-12-2-3-14(19)8-15(12)24-18(25)16-9-17(23-11-22-16)21-10-13-4-6-20-7-5-13/h2-9,11H,10H2,1H3,(H,24,25)(H,21,22,23). The summed E-state index contributed by atoms with van der Waals surface area (Å²) in [6.07, 6.45) is 4.81. The van der Waals surface area contributed by atoms with Crippen molar-refractivity contribution >= 4 is 29.0 Å². The Bertz CT molecular complexity index is 886. The minimum absolute atomic E-state index is 0.270. The van der Waals surface area contributed by atoms with Gasteiger partial charge in [0, 0.05) is 35.7 Å². The van der Waals surface area contributed by atoms with E-state index in [1.165, 1.54) is 6.33 Å². The molecule has 0 saturated carbocycles. The molecule has 6 nitrogen and oxygen atoms in total. The molecular formula is C18H16ClN5O. The minimum atomic E-state index is -0.320. The van der Waals surface area contributed by atoms with E-state index in [9.17, 15) is 4.79 Å². The second-order valence-corrected chi connectivity index (χ2v) is 5.85. The average molecular weight is 354 g/mol. The van der Waals surface area contributed by atoms with Gasteiger partial charge in [0.25, 0.3) is 5.91 Å². The van der Waals surface area contributed by atoms with E-state index in [2.05, 4.69) is 25.6 Å². The molecule has 0 radical (unpaired) electrons. The van der Waals surface area contributed by atoms with Crippen molar-refractivity contribution in [3.8, 4) is 0 Å². The first-order valence-electron chi connectivity index (χ1n) is 7.64. The summed E-state index contributed by atoms with van der Waals surface area (Å²) < 4.78 is 0. The van der Waals surface area contributed by atoms with E-state index < -0.39 is 0 Å². The van der Waals surface area contributed by atoms with E-state index in [1.54, 1.807) is 30.6 Å². The van der Waals surface area contributed by atoms with Crippen LogP contribution in [0.5, 0.6) is 0 Å². The molecule has 1 aromatic carbocycles. The molecule has 0 bridgehead atoms. The molecule has 0 saturated heterocycles. The lowest BCUT2D eigenvalue weighted by atomic mass is 10.2. The van der Waals surface area contributed by atoms with Crippen LogP contribution < -0.4 is 10.6 Å². The highest BCUT2D eigenvalue weighted by molar-refractivity contribution is 6.31. The maximum Gasteiger partial charge on any atom is 0.274 e. The van der Waals surface area contributed by atoms with Gasteiger partial charge in [-0.05, 0) is 42.3 Å². The average Bonchev–Trinajstić information content (AvgIpc) is 2.64. The van der Waals surface area contributed by atoms with Gasteiger partial charge in [0.1, 0.15) is 17.8 Å². The third-order valence-corrected chi connectivity index (χ3v) is 3.81. The molecule has 25 heavy (non-hydrogen) atoms. The first-order chi connectivity index (χ1) is 12.1. The number of halogens is 1. The van der Waals surface area contributed by atoms with Gasteiger partial charge in [-0.1, -0.05) is 17.7 Å². The van der Waals surface area contributed by atoms with Gasteiger partial charge in [-0.3, -0.25) is 9.78 Å². The van der Waals surface area contributed by atoms with E-state index in [1.807, 2.05) is 25.1 Å². The van der Waals surface area contributed by atoms with Gasteiger partial charge in [-0.2, -0.15) is 0 Å². The quantitative estimate of drug-likeness (QED) is 0.731. The Morgan fingerprint density at radius 1 is 1.12 bits per heavy atom. The predicted octanol–water partition coefficient (Wildman–Crippen LogP) is 3.70. The van der Waals surface area contributed by atoms with Crippen molar-refractivity contribution in [2.24, 2.45) is 0 Å². The molecule has 0 spiro atoms. The molecule has 126 valence electrons. The summed E-state index contributed by atoms with van der Waals surface area (Å²) in [5.41, 5.74) is 2.91. The van der Waals surface area contributed by atoms with E-state index >= 15 is 0 Å². The number of nitrogens with zero attached hydrogens (tertiary/aromatic N) is 3. The lowest BCUT2D eigenvalue weighted by Gasteiger charge is -2.10. The lowest BCUT2D eigenvalue weighted by molar-refractivity contribution is 0.102. The number of pyridine rings is 1. The fourth-order valence-corrected chi connectivity index (χ4v) is 2.36. The van der Waals surface area contributed by atoms with Crippen LogP contribution in [0.15, 0.2) is 55.1 Å². The fourth-order valence-electron chi connectivity index (χ4n) is 2.19. The molecule has 1 amide bonds. The van der Waals surface area contributed by atoms with Crippen molar-refractivity contribution in [3.05, 3.63) is 77.0 Å². The molecule has 0 atom stereocenters. The molecule has 0 unspecified atom stereocenters. The normalized spacial score (nSPS) is 10.3. The molecule has 2 aromatic heterocycles. The Hall–Kier alpha value is -2.99. The molecule has 7 heteroatoms. The molecule has 3 rings (SSSR count). The number of rotatable bonds is 5. The van der Waals surface area contributed by atoms with E-state index in [0.717, 1.165) is 11.1 Å². The Morgan fingerprint density at radius 3 is 2.72 bits per heavy atom. The molecular weight excluding hydrogens is 338 g/mol. The van der Waals surface area contributed by atoms with Crippen molar-refractivity contribution < 1.29 is 4.79 Å². The number of hydrogen-bond acceptors (Lipinski definition) is 5. The summed E-state index contributed by atoms with van der Waals surface area (Å²) >= 11 is 5.98. The molecule has 2 N–H and O–H groups in total. The van der Waals surface area contributed by atoms with Gasteiger partial charge in [-0.15, -0.1) is 0 Å². The SMILES string of the molecule is Cc1ccc(Cl)cc1NC(=O)c1cc(NCc2ccncc2)ncn1. The number of hydrogen-bond donors (Lipinski definition) is 2. The Balaban J connectivity index is 1.70. The van der Waals surface area contributed by atoms with Gasteiger partial charge in [0.2, 0.25) is 0 Å². The second-order valence-electron chi connectivity index (χ2n) is 5.41. The van der Waals surface area contributed by atoms with Crippen molar-refractivity contribution in [2.45, 2.75) is 13.5 Å². The number of anilines is 2. The van der Waals surface area contributed by atoms with Crippen LogP contribution in [0, 0.1) is 6.92 Å². The van der Waals surface area contributed by atoms with Gasteiger partial charge >= 0.3 is 0 Å². The number of amides is 1. The zero-order valence-corrected chi connectivity index (χ0v) is 14.3. The summed E-state index contributed by atoms with van der Waals surface area (Å²) in [6, 6.07) is 10.8. The van der Waals surface area contributed by atoms with Crippen LogP contribution in [-0.4, -0.2) is 20.9 Å². The summed E-state index contributed by atoms with van der Waals surface area (Å²) in [4.78, 5) is 24.6. The van der Waals surface area contributed by atoms with Gasteiger partial charge in [-0.25, -0.2) is 9.97 Å². The topological polar surface area (TPSA) is 79.8 Å². The zero-order valence-electron chi connectivity index (χ0n) is 13.5. The predicted molar refractivity (Wildman–Crippen MR) is 97.7 cm³/mol. The summed E-state index contributed by atoms with van der Waals surface area (Å²) in [5, 5.41) is 6.54.